The standard InChI is InChI=1S/C21H23Cl2N5O3/c1-12-15(13(2)27(25-12)17-7-6-14(22)10-16(17)23)11-18(29)26-28-19(30)21(24-20(28)31)8-4-3-5-9-21/h6-7,10H,3-5,8-9,11H2,1-2H3,(H,24,31)(H,26,29). The first-order valence-electron chi connectivity index (χ1n) is 10.2. The van der Waals surface area contributed by atoms with E-state index < -0.39 is 17.5 Å². The molecule has 1 saturated carbocycles. The number of hydrogen-bond donors (Lipinski definition) is 2. The van der Waals surface area contributed by atoms with Gasteiger partial charge in [-0.2, -0.15) is 10.1 Å². The third kappa shape index (κ3) is 3.90. The van der Waals surface area contributed by atoms with Gasteiger partial charge in [-0.15, -0.1) is 0 Å². The lowest BCUT2D eigenvalue weighted by molar-refractivity contribution is -0.139. The van der Waals surface area contributed by atoms with E-state index >= 15 is 0 Å². The second-order valence-corrected chi connectivity index (χ2v) is 8.93. The summed E-state index contributed by atoms with van der Waals surface area (Å²) in [6.45, 7) is 3.62. The quantitative estimate of drug-likeness (QED) is 0.676. The number of halogens is 2. The largest absolute Gasteiger partial charge is 0.344 e. The highest BCUT2D eigenvalue weighted by Crippen LogP contribution is 2.33. The molecule has 0 atom stereocenters. The third-order valence-corrected chi connectivity index (χ3v) is 6.56. The van der Waals surface area contributed by atoms with Gasteiger partial charge in [-0.3, -0.25) is 15.0 Å². The number of aromatic nitrogens is 2. The maximum absolute atomic E-state index is 12.9. The first-order valence-corrected chi connectivity index (χ1v) is 10.9. The Morgan fingerprint density at radius 3 is 2.58 bits per heavy atom. The highest BCUT2D eigenvalue weighted by Gasteiger charge is 2.52. The molecule has 1 spiro atoms. The van der Waals surface area contributed by atoms with Crippen LogP contribution in [0.4, 0.5) is 4.79 Å². The summed E-state index contributed by atoms with van der Waals surface area (Å²) in [6.07, 6.45) is 3.94. The summed E-state index contributed by atoms with van der Waals surface area (Å²) in [6, 6.07) is 4.51. The fourth-order valence-corrected chi connectivity index (χ4v) is 4.85. The molecule has 1 aromatic heterocycles. The van der Waals surface area contributed by atoms with Crippen molar-refractivity contribution < 1.29 is 14.4 Å². The number of carbonyl (C=O) groups excluding carboxylic acids is 3. The monoisotopic (exact) mass is 463 g/mol. The summed E-state index contributed by atoms with van der Waals surface area (Å²) in [5.41, 5.74) is 4.32. The van der Waals surface area contributed by atoms with E-state index in [1.165, 1.54) is 0 Å². The second kappa shape index (κ2) is 8.16. The maximum atomic E-state index is 12.9. The first kappa shape index (κ1) is 21.6. The third-order valence-electron chi connectivity index (χ3n) is 6.02. The molecule has 0 bridgehead atoms. The average molecular weight is 464 g/mol. The maximum Gasteiger partial charge on any atom is 0.344 e. The number of carbonyl (C=O) groups is 3. The average Bonchev–Trinajstić information content (AvgIpc) is 3.11. The molecule has 8 nitrogen and oxygen atoms in total. The Kier molecular flexibility index (Phi) is 5.70. The van der Waals surface area contributed by atoms with Gasteiger partial charge in [0, 0.05) is 16.3 Å². The van der Waals surface area contributed by atoms with Gasteiger partial charge in [0.2, 0.25) is 5.91 Å². The van der Waals surface area contributed by atoms with Crippen LogP contribution in [0.2, 0.25) is 10.0 Å². The summed E-state index contributed by atoms with van der Waals surface area (Å²) >= 11 is 12.3. The minimum absolute atomic E-state index is 0.0348. The molecule has 4 rings (SSSR count). The van der Waals surface area contributed by atoms with Gasteiger partial charge in [-0.05, 0) is 44.9 Å². The van der Waals surface area contributed by atoms with Crippen molar-refractivity contribution in [2.24, 2.45) is 0 Å². The minimum Gasteiger partial charge on any atom is -0.322 e. The molecular formula is C21H23Cl2N5O3. The van der Waals surface area contributed by atoms with Crippen LogP contribution < -0.4 is 10.7 Å². The summed E-state index contributed by atoms with van der Waals surface area (Å²) in [7, 11) is 0. The van der Waals surface area contributed by atoms with Crippen LogP contribution in [-0.2, 0) is 16.0 Å². The van der Waals surface area contributed by atoms with Gasteiger partial charge >= 0.3 is 6.03 Å². The van der Waals surface area contributed by atoms with E-state index in [1.54, 1.807) is 29.8 Å². The predicted octanol–water partition coefficient (Wildman–Crippen LogP) is 3.62. The van der Waals surface area contributed by atoms with Crippen LogP contribution in [0.3, 0.4) is 0 Å². The van der Waals surface area contributed by atoms with Crippen LogP contribution in [0.5, 0.6) is 0 Å². The van der Waals surface area contributed by atoms with Gasteiger partial charge in [0.15, 0.2) is 0 Å². The van der Waals surface area contributed by atoms with Crippen molar-refractivity contribution >= 4 is 41.0 Å². The Morgan fingerprint density at radius 1 is 1.19 bits per heavy atom. The summed E-state index contributed by atoms with van der Waals surface area (Å²) in [4.78, 5) is 38.0. The van der Waals surface area contributed by atoms with Gasteiger partial charge in [0.1, 0.15) is 5.54 Å². The first-order chi connectivity index (χ1) is 14.7. The van der Waals surface area contributed by atoms with Gasteiger partial charge < -0.3 is 5.32 Å². The summed E-state index contributed by atoms with van der Waals surface area (Å²) in [5, 5.41) is 9.05. The molecule has 1 aliphatic carbocycles. The van der Waals surface area contributed by atoms with Crippen LogP contribution in [0, 0.1) is 13.8 Å². The zero-order chi connectivity index (χ0) is 22.3. The SMILES string of the molecule is Cc1nn(-c2ccc(Cl)cc2Cl)c(C)c1CC(=O)NN1C(=O)NC2(CCCCC2)C1=O. The van der Waals surface area contributed by atoms with Crippen molar-refractivity contribution in [3.8, 4) is 5.69 Å². The number of hydrazine groups is 1. The molecule has 2 N–H and O–H groups in total. The summed E-state index contributed by atoms with van der Waals surface area (Å²) < 4.78 is 1.65. The number of hydrogen-bond acceptors (Lipinski definition) is 4. The van der Waals surface area contributed by atoms with Gasteiger partial charge in [0.05, 0.1) is 22.8 Å². The highest BCUT2D eigenvalue weighted by atomic mass is 35.5. The lowest BCUT2D eigenvalue weighted by Gasteiger charge is -2.30. The molecule has 2 fully saturated rings. The zero-order valence-electron chi connectivity index (χ0n) is 17.3. The molecule has 4 amide bonds. The van der Waals surface area contributed by atoms with Crippen molar-refractivity contribution in [3.05, 3.63) is 45.2 Å². The molecule has 31 heavy (non-hydrogen) atoms. The van der Waals surface area contributed by atoms with Crippen LogP contribution in [0.25, 0.3) is 5.69 Å². The van der Waals surface area contributed by atoms with E-state index in [2.05, 4.69) is 15.8 Å². The number of rotatable bonds is 4. The van der Waals surface area contributed by atoms with Crippen LogP contribution in [0.15, 0.2) is 18.2 Å². The molecule has 1 aromatic carbocycles. The fraction of sp³-hybridized carbons (Fsp3) is 0.429. The van der Waals surface area contributed by atoms with Crippen molar-refractivity contribution in [2.75, 3.05) is 0 Å². The number of amides is 4. The van der Waals surface area contributed by atoms with Crippen molar-refractivity contribution in [3.63, 3.8) is 0 Å². The Balaban J connectivity index is 1.51. The lowest BCUT2D eigenvalue weighted by atomic mass is 9.82. The van der Waals surface area contributed by atoms with Crippen LogP contribution in [0.1, 0.15) is 49.1 Å². The highest BCUT2D eigenvalue weighted by molar-refractivity contribution is 6.35. The van der Waals surface area contributed by atoms with E-state index in [0.29, 0.717) is 39.8 Å². The molecule has 1 aliphatic heterocycles. The number of nitrogens with zero attached hydrogens (tertiary/aromatic N) is 3. The summed E-state index contributed by atoms with van der Waals surface area (Å²) in [5.74, 6) is -0.855. The molecule has 10 heteroatoms. The number of urea groups is 1. The van der Waals surface area contributed by atoms with E-state index in [4.69, 9.17) is 23.2 Å². The molecule has 2 heterocycles. The number of nitrogens with one attached hydrogen (secondary N) is 2. The number of benzene rings is 1. The number of imide groups is 1. The molecular weight excluding hydrogens is 441 g/mol. The van der Waals surface area contributed by atoms with E-state index in [-0.39, 0.29) is 12.3 Å². The molecule has 1 saturated heterocycles. The molecule has 164 valence electrons. The fourth-order valence-electron chi connectivity index (χ4n) is 4.36. The van der Waals surface area contributed by atoms with E-state index in [1.807, 2.05) is 6.92 Å². The predicted molar refractivity (Wildman–Crippen MR) is 116 cm³/mol. The number of aryl methyl sites for hydroxylation is 1. The smallest absolute Gasteiger partial charge is 0.322 e. The van der Waals surface area contributed by atoms with E-state index in [9.17, 15) is 14.4 Å². The Labute approximate surface area is 189 Å². The molecule has 0 radical (unpaired) electrons. The topological polar surface area (TPSA) is 96.3 Å². The zero-order valence-corrected chi connectivity index (χ0v) is 18.8. The van der Waals surface area contributed by atoms with Crippen molar-refractivity contribution in [1.82, 2.24) is 25.5 Å². The Hall–Kier alpha value is -2.58. The van der Waals surface area contributed by atoms with Gasteiger partial charge in [0.25, 0.3) is 5.91 Å². The van der Waals surface area contributed by atoms with Crippen molar-refractivity contribution in [1.29, 1.82) is 0 Å². The Morgan fingerprint density at radius 2 is 1.90 bits per heavy atom. The van der Waals surface area contributed by atoms with Crippen LogP contribution >= 0.6 is 23.2 Å². The molecule has 0 unspecified atom stereocenters. The second-order valence-electron chi connectivity index (χ2n) is 8.08. The lowest BCUT2D eigenvalue weighted by Crippen LogP contribution is -2.51. The van der Waals surface area contributed by atoms with Gasteiger partial charge in [-0.25, -0.2) is 9.48 Å². The van der Waals surface area contributed by atoms with Gasteiger partial charge in [-0.1, -0.05) is 42.5 Å². The minimum atomic E-state index is -0.884. The molecule has 2 aromatic rings. The van der Waals surface area contributed by atoms with Crippen LogP contribution in [-0.4, -0.2) is 38.2 Å². The van der Waals surface area contributed by atoms with Crippen molar-refractivity contribution in [2.45, 2.75) is 57.9 Å². The Bertz CT molecular complexity index is 1080. The van der Waals surface area contributed by atoms with E-state index in [0.717, 1.165) is 30.0 Å². The normalized spacial score (nSPS) is 17.9. The molecule has 2 aliphatic rings.